The lowest BCUT2D eigenvalue weighted by molar-refractivity contribution is -0.185. The number of piperidine rings is 1. The van der Waals surface area contributed by atoms with Crippen LogP contribution in [0.4, 0.5) is 0 Å². The largest absolute Gasteiger partial charge is 0.493 e. The van der Waals surface area contributed by atoms with E-state index in [0.717, 1.165) is 4.90 Å². The van der Waals surface area contributed by atoms with Crippen LogP contribution in [0.1, 0.15) is 44.1 Å². The van der Waals surface area contributed by atoms with Gasteiger partial charge in [-0.25, -0.2) is 0 Å². The Labute approximate surface area is 149 Å². The van der Waals surface area contributed by atoms with Crippen molar-refractivity contribution in [2.45, 2.75) is 48.8 Å². The predicted octanol–water partition coefficient (Wildman–Crippen LogP) is 1.05. The molecule has 2 heterocycles. The van der Waals surface area contributed by atoms with E-state index in [4.69, 9.17) is 23.2 Å². The minimum absolute atomic E-state index is 0.0604. The molecule has 4 aliphatic rings. The first-order chi connectivity index (χ1) is 15.0. The fourth-order valence-corrected chi connectivity index (χ4v) is 4.86. The van der Waals surface area contributed by atoms with Crippen LogP contribution in [0.25, 0.3) is 0 Å². The highest BCUT2D eigenvalue weighted by molar-refractivity contribution is 5.90. The molecule has 2 aliphatic heterocycles. The number of aliphatic hydroxyl groups is 1. The Morgan fingerprint density at radius 1 is 1.57 bits per heavy atom. The van der Waals surface area contributed by atoms with Crippen LogP contribution in [0.15, 0.2) is 12.1 Å². The summed E-state index contributed by atoms with van der Waals surface area (Å²) in [7, 11) is -3.02. The topological polar surface area (TPSA) is 59.0 Å². The number of rotatable bonds is 1. The molecule has 1 unspecified atom stereocenters. The van der Waals surface area contributed by atoms with E-state index in [1.165, 1.54) is 0 Å². The lowest BCUT2D eigenvalue weighted by Crippen LogP contribution is -2.76. The normalized spacial score (nSPS) is 50.2. The van der Waals surface area contributed by atoms with Crippen molar-refractivity contribution in [3.8, 4) is 11.5 Å². The fourth-order valence-electron chi connectivity index (χ4n) is 4.86. The summed E-state index contributed by atoms with van der Waals surface area (Å²) >= 11 is 0. The molecular formula is C18H21NO4. The second kappa shape index (κ2) is 4.08. The van der Waals surface area contributed by atoms with Gasteiger partial charge >= 0.3 is 0 Å². The Balaban J connectivity index is 1.91. The molecule has 1 saturated heterocycles. The molecule has 1 N–H and O–H groups in total. The highest BCUT2D eigenvalue weighted by Gasteiger charge is 2.72. The lowest BCUT2D eigenvalue weighted by Gasteiger charge is -2.62. The molecule has 2 fully saturated rings. The number of ether oxygens (including phenoxy) is 2. The molecule has 5 nitrogen and oxygen atoms in total. The maximum atomic E-state index is 13.0. The molecular weight excluding hydrogens is 294 g/mol. The second-order valence-electron chi connectivity index (χ2n) is 6.61. The van der Waals surface area contributed by atoms with E-state index in [9.17, 15) is 9.90 Å². The first-order valence-electron chi connectivity index (χ1n) is 12.5. The number of methoxy groups -OCH3 is 1. The van der Waals surface area contributed by atoms with E-state index in [0.29, 0.717) is 0 Å². The van der Waals surface area contributed by atoms with Gasteiger partial charge in [0.15, 0.2) is 23.4 Å². The quantitative estimate of drug-likeness (QED) is 0.836. The average molecular weight is 325 g/mol. The van der Waals surface area contributed by atoms with Crippen molar-refractivity contribution in [3.63, 3.8) is 0 Å². The maximum Gasteiger partial charge on any atom is 0.174 e. The number of hydrogen-bond donors (Lipinski definition) is 1. The average Bonchev–Trinajstić information content (AvgIpc) is 2.99. The molecule has 0 amide bonds. The number of carbonyl (C=O) groups is 1. The number of benzene rings is 1. The third-order valence-corrected chi connectivity index (χ3v) is 5.83. The van der Waals surface area contributed by atoms with Crippen LogP contribution in [0.3, 0.4) is 0 Å². The van der Waals surface area contributed by atoms with Crippen molar-refractivity contribution in [3.05, 3.63) is 23.2 Å². The first kappa shape index (κ1) is 7.11. The van der Waals surface area contributed by atoms with E-state index >= 15 is 0 Å². The van der Waals surface area contributed by atoms with Gasteiger partial charge in [-0.15, -0.1) is 0 Å². The Morgan fingerprint density at radius 2 is 2.48 bits per heavy atom. The molecule has 23 heavy (non-hydrogen) atoms. The van der Waals surface area contributed by atoms with Crippen LogP contribution in [0, 0.1) is 0 Å². The highest BCUT2D eigenvalue weighted by Crippen LogP contribution is 2.64. The maximum absolute atomic E-state index is 13.0. The number of ketones is 1. The van der Waals surface area contributed by atoms with Gasteiger partial charge in [0, 0.05) is 24.9 Å². The molecule has 1 aromatic carbocycles. The van der Waals surface area contributed by atoms with Crippen LogP contribution in [-0.2, 0) is 16.6 Å². The number of carbonyl (C=O) groups excluding carboxylic acids is 1. The molecule has 5 rings (SSSR count). The van der Waals surface area contributed by atoms with E-state index in [-0.39, 0.29) is 42.7 Å². The fraction of sp³-hybridized carbons (Fsp3) is 0.611. The predicted molar refractivity (Wildman–Crippen MR) is 83.0 cm³/mol. The smallest absolute Gasteiger partial charge is 0.174 e. The van der Waals surface area contributed by atoms with Crippen molar-refractivity contribution in [2.24, 2.45) is 0 Å². The Kier molecular flexibility index (Phi) is 1.26. The van der Waals surface area contributed by atoms with Crippen molar-refractivity contribution in [2.75, 3.05) is 20.6 Å². The summed E-state index contributed by atoms with van der Waals surface area (Å²) in [6, 6.07) is -3.10. The zero-order chi connectivity index (χ0) is 24.5. The van der Waals surface area contributed by atoms with Crippen LogP contribution in [0.2, 0.25) is 0 Å². The molecule has 4 atom stereocenters. The monoisotopic (exact) mass is 325 g/mol. The van der Waals surface area contributed by atoms with Gasteiger partial charge < -0.3 is 19.5 Å². The molecule has 1 aromatic rings. The first-order valence-corrected chi connectivity index (χ1v) is 7.54. The van der Waals surface area contributed by atoms with Crippen LogP contribution in [0.5, 0.6) is 11.5 Å². The number of likely N-dealkylation sites (tertiary alicyclic amines) is 1. The van der Waals surface area contributed by atoms with E-state index in [1.807, 2.05) is 0 Å². The van der Waals surface area contributed by atoms with Gasteiger partial charge in [-0.2, -0.15) is 0 Å². The SMILES string of the molecule is [2H]c1c([2H])c2c3c(c1OC([2H])([2H])[2H])OC1C(=O)CC[C@@]4(O)[C@H](N(C([2H])([2H])[2H])CC[C@]314)C2([2H])[2H]. The van der Waals surface area contributed by atoms with Crippen LogP contribution in [-0.4, -0.2) is 54.1 Å². The molecule has 5 heteroatoms. The summed E-state index contributed by atoms with van der Waals surface area (Å²) in [5.41, 5.74) is -4.09. The summed E-state index contributed by atoms with van der Waals surface area (Å²) in [5.74, 6) is -1.38. The number of likely N-dealkylation sites (N-methyl/N-ethyl adjacent to an activating group) is 1. The molecule has 0 radical (unpaired) electrons. The number of hydrogen-bond acceptors (Lipinski definition) is 5. The Hall–Kier alpha value is -1.59. The van der Waals surface area contributed by atoms with Gasteiger partial charge in [-0.3, -0.25) is 4.79 Å². The standard InChI is InChI=1S/C18H21NO4/c1-19-8-7-17-14-10-3-4-12(22-2)15(14)23-16(17)11(20)5-6-18(17,21)13(19)9-10/h3-4,13,16,21H,5-9H2,1-2H3/t13-,16?,17+,18-/m1/s1/i1D3,2D3,3D,4D,9D2. The van der Waals surface area contributed by atoms with Crippen molar-refractivity contribution in [1.82, 2.24) is 4.90 Å². The van der Waals surface area contributed by atoms with E-state index in [2.05, 4.69) is 0 Å². The van der Waals surface area contributed by atoms with Crippen LogP contribution >= 0.6 is 0 Å². The number of Topliss-reactive ketones (excluding diaryl/α,β-unsaturated/α-hetero) is 1. The van der Waals surface area contributed by atoms with Crippen molar-refractivity contribution in [1.29, 1.82) is 0 Å². The molecule has 1 spiro atoms. The Morgan fingerprint density at radius 3 is 3.30 bits per heavy atom. The van der Waals surface area contributed by atoms with Gasteiger partial charge in [-0.05, 0) is 44.3 Å². The minimum atomic E-state index is -3.02. The Bertz CT molecular complexity index is 1090. The summed E-state index contributed by atoms with van der Waals surface area (Å²) in [6.07, 6.45) is -4.52. The summed E-state index contributed by atoms with van der Waals surface area (Å²) in [6.45, 7) is -2.97. The molecule has 122 valence electrons. The highest BCUT2D eigenvalue weighted by atomic mass is 16.5. The van der Waals surface area contributed by atoms with Gasteiger partial charge in [-0.1, -0.05) is 6.04 Å². The summed E-state index contributed by atoms with van der Waals surface area (Å²) in [4.78, 5) is 13.9. The van der Waals surface area contributed by atoms with E-state index < -0.39 is 67.2 Å². The van der Waals surface area contributed by atoms with Crippen LogP contribution < -0.4 is 9.47 Å². The molecule has 2 aliphatic carbocycles. The molecule has 1 saturated carbocycles. The van der Waals surface area contributed by atoms with E-state index in [1.54, 1.807) is 0 Å². The summed E-state index contributed by atoms with van der Waals surface area (Å²) < 4.78 is 91.7. The molecule has 2 bridgehead atoms. The van der Waals surface area contributed by atoms with Gasteiger partial charge in [0.25, 0.3) is 0 Å². The third kappa shape index (κ3) is 1.32. The van der Waals surface area contributed by atoms with Gasteiger partial charge in [0.1, 0.15) is 0 Å². The van der Waals surface area contributed by atoms with Crippen molar-refractivity contribution >= 4 is 5.78 Å². The third-order valence-electron chi connectivity index (χ3n) is 5.83. The van der Waals surface area contributed by atoms with Crippen molar-refractivity contribution < 1.29 is 33.1 Å². The zero-order valence-corrected chi connectivity index (χ0v) is 12.1. The summed E-state index contributed by atoms with van der Waals surface area (Å²) in [5, 5.41) is 12.1. The van der Waals surface area contributed by atoms with Gasteiger partial charge in [0.05, 0.1) is 24.9 Å². The minimum Gasteiger partial charge on any atom is -0.493 e. The molecule has 0 aromatic heterocycles. The van der Waals surface area contributed by atoms with Gasteiger partial charge in [0.2, 0.25) is 0 Å². The zero-order valence-electron chi connectivity index (χ0n) is 22.1. The number of nitrogens with zero attached hydrogens (tertiary/aromatic N) is 1. The lowest BCUT2D eigenvalue weighted by atomic mass is 9.49. The second-order valence-corrected chi connectivity index (χ2v) is 6.61.